The van der Waals surface area contributed by atoms with E-state index in [9.17, 15) is 19.8 Å². The summed E-state index contributed by atoms with van der Waals surface area (Å²) in [5, 5.41) is 23.7. The summed E-state index contributed by atoms with van der Waals surface area (Å²) in [7, 11) is 4.54. The van der Waals surface area contributed by atoms with E-state index >= 15 is 0 Å². The number of nitrogens with one attached hydrogen (secondary N) is 1. The molecule has 0 saturated heterocycles. The molecule has 9 heteroatoms. The number of carboxylic acids is 1. The molecule has 37 heavy (non-hydrogen) atoms. The van der Waals surface area contributed by atoms with Gasteiger partial charge in [-0.25, -0.2) is 4.79 Å². The molecule has 0 heterocycles. The molecule has 0 spiro atoms. The maximum absolute atomic E-state index is 12.5. The van der Waals surface area contributed by atoms with Crippen LogP contribution in [0.4, 0.5) is 4.79 Å². The fourth-order valence-electron chi connectivity index (χ4n) is 4.10. The van der Waals surface area contributed by atoms with Crippen LogP contribution in [0.2, 0.25) is 0 Å². The third-order valence-electron chi connectivity index (χ3n) is 5.89. The van der Waals surface area contributed by atoms with Gasteiger partial charge in [-0.3, -0.25) is 4.79 Å². The lowest BCUT2D eigenvalue weighted by Crippen LogP contribution is -2.47. The highest BCUT2D eigenvalue weighted by Crippen LogP contribution is 2.40. The summed E-state index contributed by atoms with van der Waals surface area (Å²) >= 11 is 0. The number of benzene rings is 2. The first-order chi connectivity index (χ1) is 17.5. The van der Waals surface area contributed by atoms with Gasteiger partial charge in [-0.1, -0.05) is 36.4 Å². The van der Waals surface area contributed by atoms with E-state index in [0.29, 0.717) is 30.1 Å². The molecule has 3 unspecified atom stereocenters. The van der Waals surface area contributed by atoms with Crippen LogP contribution in [0.1, 0.15) is 44.7 Å². The van der Waals surface area contributed by atoms with E-state index in [0.717, 1.165) is 11.1 Å². The molecule has 0 fully saturated rings. The number of carbonyl (C=O) groups is 2. The van der Waals surface area contributed by atoms with E-state index in [1.54, 1.807) is 32.9 Å². The molecular weight excluding hydrogens is 478 g/mol. The second kappa shape index (κ2) is 13.7. The molecule has 0 bridgehead atoms. The van der Waals surface area contributed by atoms with Crippen molar-refractivity contribution >= 4 is 12.1 Å². The first-order valence-corrected chi connectivity index (χ1v) is 12.2. The van der Waals surface area contributed by atoms with Crippen LogP contribution in [0.15, 0.2) is 42.5 Å². The number of alkyl carbamates (subject to hydrolysis) is 1. The molecule has 2 rings (SSSR count). The van der Waals surface area contributed by atoms with Gasteiger partial charge in [-0.05, 0) is 63.6 Å². The number of amides is 1. The number of aliphatic carboxylic acids is 1. The Kier molecular flexibility index (Phi) is 11.1. The average Bonchev–Trinajstić information content (AvgIpc) is 2.84. The normalized spacial score (nSPS) is 13.7. The topological polar surface area (TPSA) is 124 Å². The van der Waals surface area contributed by atoms with Gasteiger partial charge in [0.1, 0.15) is 5.60 Å². The molecule has 9 nitrogen and oxygen atoms in total. The molecule has 0 radical (unpaired) electrons. The van der Waals surface area contributed by atoms with Crippen LogP contribution in [0, 0.1) is 5.92 Å². The Morgan fingerprint density at radius 2 is 1.59 bits per heavy atom. The third kappa shape index (κ3) is 9.17. The van der Waals surface area contributed by atoms with Crippen LogP contribution in [-0.2, 0) is 22.4 Å². The van der Waals surface area contributed by atoms with Crippen LogP contribution >= 0.6 is 0 Å². The van der Waals surface area contributed by atoms with Crippen molar-refractivity contribution in [3.8, 4) is 17.2 Å². The third-order valence-corrected chi connectivity index (χ3v) is 5.89. The molecule has 0 saturated carbocycles. The van der Waals surface area contributed by atoms with Gasteiger partial charge < -0.3 is 34.5 Å². The molecule has 3 N–H and O–H groups in total. The fourth-order valence-corrected chi connectivity index (χ4v) is 4.10. The Morgan fingerprint density at radius 1 is 0.946 bits per heavy atom. The Hall–Kier alpha value is -3.46. The van der Waals surface area contributed by atoms with Crippen LogP contribution in [0.5, 0.6) is 17.2 Å². The van der Waals surface area contributed by atoms with Crippen molar-refractivity contribution in [3.63, 3.8) is 0 Å². The summed E-state index contributed by atoms with van der Waals surface area (Å²) in [4.78, 5) is 24.6. The molecule has 1 amide bonds. The lowest BCUT2D eigenvalue weighted by molar-refractivity contribution is -0.143. The highest BCUT2D eigenvalue weighted by molar-refractivity contribution is 5.70. The second-order valence-electron chi connectivity index (χ2n) is 9.81. The van der Waals surface area contributed by atoms with Crippen molar-refractivity contribution in [1.82, 2.24) is 5.32 Å². The molecule has 204 valence electrons. The number of aliphatic hydroxyl groups is 1. The van der Waals surface area contributed by atoms with E-state index in [2.05, 4.69) is 5.32 Å². The van der Waals surface area contributed by atoms with Gasteiger partial charge in [-0.2, -0.15) is 0 Å². The quantitative estimate of drug-likeness (QED) is 0.361. The number of aryl methyl sites for hydroxylation is 1. The molecule has 0 aliphatic carbocycles. The van der Waals surface area contributed by atoms with Gasteiger partial charge in [-0.15, -0.1) is 0 Å². The standard InChI is InChI=1S/C28H39NO8/c1-28(2,3)37-27(33)29-21(16-18-10-8-7-9-11-18)22(30)17-20(26(31)32)13-12-19-14-15-23(34-4)25(36-6)24(19)35-5/h7-11,14-15,20-22,30H,12-13,16-17H2,1-6H3,(H,29,33)(H,31,32). The number of carboxylic acid groups (broad SMARTS) is 1. The summed E-state index contributed by atoms with van der Waals surface area (Å²) in [6, 6.07) is 12.2. The fraction of sp³-hybridized carbons (Fsp3) is 0.500. The van der Waals surface area contributed by atoms with Crippen molar-refractivity contribution in [2.24, 2.45) is 5.92 Å². The van der Waals surface area contributed by atoms with Crippen LogP contribution in [0.25, 0.3) is 0 Å². The van der Waals surface area contributed by atoms with E-state index < -0.39 is 35.7 Å². The number of aliphatic hydroxyl groups excluding tert-OH is 1. The van der Waals surface area contributed by atoms with Crippen molar-refractivity contribution in [2.45, 2.75) is 64.2 Å². The smallest absolute Gasteiger partial charge is 0.407 e. The average molecular weight is 518 g/mol. The van der Waals surface area contributed by atoms with Gasteiger partial charge in [0.15, 0.2) is 11.5 Å². The van der Waals surface area contributed by atoms with E-state index in [1.165, 1.54) is 21.3 Å². The van der Waals surface area contributed by atoms with E-state index in [1.807, 2.05) is 30.3 Å². The zero-order chi connectivity index (χ0) is 27.6. The van der Waals surface area contributed by atoms with Gasteiger partial charge in [0, 0.05) is 0 Å². The van der Waals surface area contributed by atoms with Gasteiger partial charge >= 0.3 is 12.1 Å². The zero-order valence-electron chi connectivity index (χ0n) is 22.4. The molecule has 2 aromatic rings. The van der Waals surface area contributed by atoms with Crippen LogP contribution < -0.4 is 19.5 Å². The lowest BCUT2D eigenvalue weighted by atomic mass is 9.89. The van der Waals surface area contributed by atoms with E-state index in [4.69, 9.17) is 18.9 Å². The van der Waals surface area contributed by atoms with Crippen molar-refractivity contribution < 1.29 is 38.7 Å². The van der Waals surface area contributed by atoms with Crippen LogP contribution in [0.3, 0.4) is 0 Å². The predicted molar refractivity (Wildman–Crippen MR) is 139 cm³/mol. The number of ether oxygens (including phenoxy) is 4. The first kappa shape index (κ1) is 29.8. The zero-order valence-corrected chi connectivity index (χ0v) is 22.4. The summed E-state index contributed by atoms with van der Waals surface area (Å²) in [5.74, 6) is -0.495. The second-order valence-corrected chi connectivity index (χ2v) is 9.81. The Labute approximate surface area is 218 Å². The maximum atomic E-state index is 12.5. The molecule has 0 aromatic heterocycles. The largest absolute Gasteiger partial charge is 0.493 e. The minimum atomic E-state index is -1.12. The monoisotopic (exact) mass is 517 g/mol. The number of hydrogen-bond donors (Lipinski definition) is 3. The Morgan fingerprint density at radius 3 is 2.14 bits per heavy atom. The van der Waals surface area contributed by atoms with Gasteiger partial charge in [0.25, 0.3) is 0 Å². The lowest BCUT2D eigenvalue weighted by Gasteiger charge is -2.28. The molecule has 0 aliphatic heterocycles. The summed E-state index contributed by atoms with van der Waals surface area (Å²) < 4.78 is 21.6. The minimum absolute atomic E-state index is 0.0573. The highest BCUT2D eigenvalue weighted by atomic mass is 16.6. The summed E-state index contributed by atoms with van der Waals surface area (Å²) in [5.41, 5.74) is 0.937. The summed E-state index contributed by atoms with van der Waals surface area (Å²) in [6.07, 6.45) is -0.927. The minimum Gasteiger partial charge on any atom is -0.493 e. The number of hydrogen-bond acceptors (Lipinski definition) is 7. The van der Waals surface area contributed by atoms with Gasteiger partial charge in [0.2, 0.25) is 5.75 Å². The highest BCUT2D eigenvalue weighted by Gasteiger charge is 2.30. The van der Waals surface area contributed by atoms with Crippen molar-refractivity contribution in [3.05, 3.63) is 53.6 Å². The van der Waals surface area contributed by atoms with Crippen molar-refractivity contribution in [1.29, 1.82) is 0 Å². The Bertz CT molecular complexity index is 1020. The predicted octanol–water partition coefficient (Wildman–Crippen LogP) is 4.23. The molecular formula is C28H39NO8. The number of rotatable bonds is 13. The first-order valence-electron chi connectivity index (χ1n) is 12.2. The van der Waals surface area contributed by atoms with Crippen molar-refractivity contribution in [2.75, 3.05) is 21.3 Å². The Balaban J connectivity index is 2.19. The maximum Gasteiger partial charge on any atom is 0.407 e. The summed E-state index contributed by atoms with van der Waals surface area (Å²) in [6.45, 7) is 5.24. The van der Waals surface area contributed by atoms with E-state index in [-0.39, 0.29) is 12.8 Å². The SMILES string of the molecule is COc1ccc(CCC(CC(O)C(Cc2ccccc2)NC(=O)OC(C)(C)C)C(=O)O)c(OC)c1OC. The van der Waals surface area contributed by atoms with Gasteiger partial charge in [0.05, 0.1) is 39.4 Å². The number of methoxy groups -OCH3 is 3. The number of carbonyl (C=O) groups excluding carboxylic acids is 1. The van der Waals surface area contributed by atoms with Crippen LogP contribution in [-0.4, -0.2) is 61.4 Å². The molecule has 2 aromatic carbocycles. The molecule has 0 aliphatic rings. The molecule has 3 atom stereocenters.